The van der Waals surface area contributed by atoms with E-state index in [0.29, 0.717) is 31.6 Å². The van der Waals surface area contributed by atoms with Gasteiger partial charge >= 0.3 is 6.18 Å². The fourth-order valence-corrected chi connectivity index (χ4v) is 3.99. The molecule has 11 heteroatoms. The van der Waals surface area contributed by atoms with Crippen LogP contribution in [-0.2, 0) is 0 Å². The van der Waals surface area contributed by atoms with Crippen LogP contribution in [0.15, 0.2) is 24.4 Å². The lowest BCUT2D eigenvalue weighted by Gasteiger charge is -2.26. The molecule has 1 aromatic heterocycles. The molecule has 1 saturated carbocycles. The second kappa shape index (κ2) is 11.2. The summed E-state index contributed by atoms with van der Waals surface area (Å²) in [6.07, 6.45) is -0.637. The van der Waals surface area contributed by atoms with Gasteiger partial charge in [0.05, 0.1) is 16.8 Å². The van der Waals surface area contributed by atoms with Gasteiger partial charge in [-0.1, -0.05) is 6.92 Å². The maximum atomic E-state index is 14.1. The fourth-order valence-electron chi connectivity index (χ4n) is 3.99. The number of halogens is 5. The third-order valence-corrected chi connectivity index (χ3v) is 5.77. The SMILES string of the molecule is CC1CCN(c2c(C(=O)NCC3CC3)cnc(OCC(F)(F)F)c2-c2cc(F)cc(F)c2)C1.CN. The van der Waals surface area contributed by atoms with E-state index in [1.54, 1.807) is 0 Å². The molecule has 3 N–H and O–H groups in total. The molecule has 1 unspecified atom stereocenters. The Hall–Kier alpha value is -2.95. The first-order chi connectivity index (χ1) is 16.6. The number of aromatic nitrogens is 1. The van der Waals surface area contributed by atoms with Crippen molar-refractivity contribution in [1.29, 1.82) is 0 Å². The molecular weight excluding hydrogens is 471 g/mol. The number of pyridine rings is 1. The zero-order chi connectivity index (χ0) is 25.8. The Morgan fingerprint density at radius 1 is 1.17 bits per heavy atom. The van der Waals surface area contributed by atoms with Gasteiger partial charge in [0, 0.05) is 31.9 Å². The molecule has 1 saturated heterocycles. The van der Waals surface area contributed by atoms with E-state index < -0.39 is 36.2 Å². The van der Waals surface area contributed by atoms with Crippen molar-refractivity contribution in [2.24, 2.45) is 17.6 Å². The lowest BCUT2D eigenvalue weighted by molar-refractivity contribution is -0.154. The van der Waals surface area contributed by atoms with Gasteiger partial charge in [-0.15, -0.1) is 0 Å². The van der Waals surface area contributed by atoms with Gasteiger partial charge in [-0.05, 0) is 55.8 Å². The number of amides is 1. The van der Waals surface area contributed by atoms with Crippen molar-refractivity contribution in [2.45, 2.75) is 32.4 Å². The van der Waals surface area contributed by atoms with Crippen LogP contribution < -0.4 is 20.7 Å². The minimum atomic E-state index is -4.64. The Kier molecular flexibility index (Phi) is 8.52. The molecule has 0 radical (unpaired) electrons. The molecule has 4 rings (SSSR count). The number of nitrogens with one attached hydrogen (secondary N) is 1. The third-order valence-electron chi connectivity index (χ3n) is 5.77. The average Bonchev–Trinajstić information content (AvgIpc) is 3.54. The van der Waals surface area contributed by atoms with Crippen LogP contribution in [0.1, 0.15) is 36.5 Å². The van der Waals surface area contributed by atoms with Gasteiger partial charge in [0.1, 0.15) is 11.6 Å². The molecule has 2 fully saturated rings. The highest BCUT2D eigenvalue weighted by atomic mass is 19.4. The third kappa shape index (κ3) is 7.03. The first-order valence-corrected chi connectivity index (χ1v) is 11.4. The number of hydrogen-bond acceptors (Lipinski definition) is 5. The van der Waals surface area contributed by atoms with Gasteiger partial charge in [-0.2, -0.15) is 13.2 Å². The summed E-state index contributed by atoms with van der Waals surface area (Å²) in [6, 6.07) is 2.65. The molecule has 35 heavy (non-hydrogen) atoms. The summed E-state index contributed by atoms with van der Waals surface area (Å²) >= 11 is 0. The Morgan fingerprint density at radius 3 is 2.37 bits per heavy atom. The number of rotatable bonds is 7. The normalized spacial score (nSPS) is 17.6. The van der Waals surface area contributed by atoms with Gasteiger partial charge in [0.15, 0.2) is 6.61 Å². The van der Waals surface area contributed by atoms with E-state index in [0.717, 1.165) is 31.4 Å². The molecule has 1 aromatic carbocycles. The van der Waals surface area contributed by atoms with E-state index in [4.69, 9.17) is 4.74 Å². The topological polar surface area (TPSA) is 80.5 Å². The maximum Gasteiger partial charge on any atom is 0.422 e. The van der Waals surface area contributed by atoms with Crippen LogP contribution in [0.5, 0.6) is 5.88 Å². The molecule has 1 aliphatic carbocycles. The lowest BCUT2D eigenvalue weighted by atomic mass is 10.00. The molecule has 6 nitrogen and oxygen atoms in total. The first-order valence-electron chi connectivity index (χ1n) is 11.4. The van der Waals surface area contributed by atoms with E-state index in [1.807, 2.05) is 11.8 Å². The van der Waals surface area contributed by atoms with Crippen molar-refractivity contribution in [3.05, 3.63) is 41.6 Å². The zero-order valence-electron chi connectivity index (χ0n) is 19.6. The Morgan fingerprint density at radius 2 is 1.83 bits per heavy atom. The van der Waals surface area contributed by atoms with E-state index in [1.165, 1.54) is 13.2 Å². The number of nitrogens with two attached hydrogens (primary N) is 1. The molecule has 1 atom stereocenters. The smallest absolute Gasteiger partial charge is 0.422 e. The second-order valence-corrected chi connectivity index (χ2v) is 8.76. The Bertz CT molecular complexity index is 1020. The van der Waals surface area contributed by atoms with Crippen molar-refractivity contribution < 1.29 is 31.5 Å². The quantitative estimate of drug-likeness (QED) is 0.546. The Labute approximate surface area is 200 Å². The van der Waals surface area contributed by atoms with E-state index >= 15 is 0 Å². The Balaban J connectivity index is 0.00000167. The molecule has 0 spiro atoms. The summed E-state index contributed by atoms with van der Waals surface area (Å²) in [5, 5.41) is 2.84. The van der Waals surface area contributed by atoms with E-state index in [-0.39, 0.29) is 28.3 Å². The van der Waals surface area contributed by atoms with Crippen LogP contribution in [0.2, 0.25) is 0 Å². The predicted molar refractivity (Wildman–Crippen MR) is 122 cm³/mol. The molecule has 2 aliphatic rings. The number of carbonyl (C=O) groups excluding carboxylic acids is 1. The van der Waals surface area contributed by atoms with Crippen LogP contribution in [0.3, 0.4) is 0 Å². The van der Waals surface area contributed by atoms with Crippen molar-refractivity contribution >= 4 is 11.6 Å². The molecule has 0 bridgehead atoms. The predicted octanol–water partition coefficient (Wildman–Crippen LogP) is 4.53. The summed E-state index contributed by atoms with van der Waals surface area (Å²) in [4.78, 5) is 18.9. The van der Waals surface area contributed by atoms with Crippen molar-refractivity contribution in [1.82, 2.24) is 10.3 Å². The number of benzene rings is 1. The van der Waals surface area contributed by atoms with Gasteiger partial charge in [-0.3, -0.25) is 4.79 Å². The largest absolute Gasteiger partial charge is 0.468 e. The summed E-state index contributed by atoms with van der Waals surface area (Å²) in [5.41, 5.74) is 4.81. The number of alkyl halides is 3. The monoisotopic (exact) mass is 500 g/mol. The highest BCUT2D eigenvalue weighted by molar-refractivity contribution is 6.04. The van der Waals surface area contributed by atoms with Gasteiger partial charge in [0.2, 0.25) is 5.88 Å². The molecule has 1 amide bonds. The molecule has 2 aromatic rings. The number of hydrogen-bond donors (Lipinski definition) is 2. The standard InChI is InChI=1S/C23H24F5N3O2.CH5N/c1-13-4-5-31(11-13)20-18(21(32)29-9-14-2-3-14)10-30-22(33-12-23(26,27)28)19(20)15-6-16(24)8-17(25)7-15;1-2/h6-8,10,13-14H,2-5,9,11-12H2,1H3,(H,29,32);2H2,1H3. The van der Waals surface area contributed by atoms with E-state index in [2.05, 4.69) is 16.0 Å². The van der Waals surface area contributed by atoms with Crippen LogP contribution >= 0.6 is 0 Å². The van der Waals surface area contributed by atoms with E-state index in [9.17, 15) is 26.7 Å². The molecular formula is C24H29F5N4O2. The van der Waals surface area contributed by atoms with Gasteiger partial charge < -0.3 is 20.7 Å². The average molecular weight is 501 g/mol. The maximum absolute atomic E-state index is 14.1. The zero-order valence-corrected chi connectivity index (χ0v) is 19.6. The molecule has 192 valence electrons. The highest BCUT2D eigenvalue weighted by Crippen LogP contribution is 2.43. The highest BCUT2D eigenvalue weighted by Gasteiger charge is 2.33. The van der Waals surface area contributed by atoms with Crippen LogP contribution in [0.4, 0.5) is 27.6 Å². The summed E-state index contributed by atoms with van der Waals surface area (Å²) in [7, 11) is 1.50. The number of nitrogens with zero attached hydrogens (tertiary/aromatic N) is 2. The summed E-state index contributed by atoms with van der Waals surface area (Å²) in [5.74, 6) is -2.03. The molecule has 2 heterocycles. The minimum Gasteiger partial charge on any atom is -0.468 e. The summed E-state index contributed by atoms with van der Waals surface area (Å²) < 4.78 is 71.8. The van der Waals surface area contributed by atoms with Crippen LogP contribution in [0, 0.1) is 23.5 Å². The minimum absolute atomic E-state index is 0.0363. The number of anilines is 1. The van der Waals surface area contributed by atoms with Gasteiger partial charge in [-0.25, -0.2) is 13.8 Å². The number of carbonyl (C=O) groups is 1. The summed E-state index contributed by atoms with van der Waals surface area (Å²) in [6.45, 7) is 1.91. The van der Waals surface area contributed by atoms with Crippen LogP contribution in [0.25, 0.3) is 11.1 Å². The first kappa shape index (κ1) is 26.7. The lowest BCUT2D eigenvalue weighted by Crippen LogP contribution is -2.30. The van der Waals surface area contributed by atoms with Crippen LogP contribution in [-0.4, -0.2) is 50.4 Å². The van der Waals surface area contributed by atoms with Crippen molar-refractivity contribution in [3.8, 4) is 17.0 Å². The van der Waals surface area contributed by atoms with Crippen molar-refractivity contribution in [2.75, 3.05) is 38.2 Å². The second-order valence-electron chi connectivity index (χ2n) is 8.76. The fraction of sp³-hybridized carbons (Fsp3) is 0.500. The molecule has 1 aliphatic heterocycles. The number of ether oxygens (including phenoxy) is 1. The van der Waals surface area contributed by atoms with Crippen molar-refractivity contribution in [3.63, 3.8) is 0 Å². The van der Waals surface area contributed by atoms with Gasteiger partial charge in [0.25, 0.3) is 5.91 Å².